The first-order valence-corrected chi connectivity index (χ1v) is 8.42. The number of hydrogen-bond acceptors (Lipinski definition) is 5. The number of nitrogens with zero attached hydrogens (tertiary/aromatic N) is 3. The number of aromatic nitrogens is 3. The lowest BCUT2D eigenvalue weighted by molar-refractivity contribution is 0.0923. The molecule has 6 nitrogen and oxygen atoms in total. The summed E-state index contributed by atoms with van der Waals surface area (Å²) in [6.07, 6.45) is 4.81. The first-order chi connectivity index (χ1) is 11.2. The zero-order valence-corrected chi connectivity index (χ0v) is 13.5. The van der Waals surface area contributed by atoms with Gasteiger partial charge in [0.15, 0.2) is 11.5 Å². The number of carbonyl (C=O) groups excluding carboxylic acids is 1. The van der Waals surface area contributed by atoms with Crippen molar-refractivity contribution in [3.8, 4) is 10.6 Å². The van der Waals surface area contributed by atoms with Gasteiger partial charge in [0.05, 0.1) is 17.1 Å². The van der Waals surface area contributed by atoms with Gasteiger partial charge in [0, 0.05) is 24.4 Å². The molecule has 1 amide bonds. The molecule has 7 heteroatoms. The number of hydrogen-bond donors (Lipinski definition) is 1. The maximum atomic E-state index is 12.5. The van der Waals surface area contributed by atoms with Gasteiger partial charge in [-0.3, -0.25) is 9.48 Å². The van der Waals surface area contributed by atoms with E-state index in [-0.39, 0.29) is 11.9 Å². The van der Waals surface area contributed by atoms with Crippen LogP contribution in [0.15, 0.2) is 34.3 Å². The molecule has 0 radical (unpaired) electrons. The molecule has 3 aromatic rings. The third kappa shape index (κ3) is 2.57. The Morgan fingerprint density at radius 2 is 2.43 bits per heavy atom. The van der Waals surface area contributed by atoms with Crippen LogP contribution in [0.2, 0.25) is 0 Å². The van der Waals surface area contributed by atoms with Gasteiger partial charge < -0.3 is 9.84 Å². The second kappa shape index (κ2) is 5.66. The second-order valence-electron chi connectivity index (χ2n) is 5.64. The van der Waals surface area contributed by atoms with E-state index >= 15 is 0 Å². The smallest absolute Gasteiger partial charge is 0.273 e. The predicted molar refractivity (Wildman–Crippen MR) is 86.2 cm³/mol. The summed E-state index contributed by atoms with van der Waals surface area (Å²) in [6.45, 7) is 0. The average molecular weight is 328 g/mol. The first kappa shape index (κ1) is 14.2. The van der Waals surface area contributed by atoms with Gasteiger partial charge in [-0.2, -0.15) is 5.10 Å². The fourth-order valence-corrected chi connectivity index (χ4v) is 3.68. The van der Waals surface area contributed by atoms with Crippen LogP contribution < -0.4 is 5.32 Å². The van der Waals surface area contributed by atoms with E-state index < -0.39 is 0 Å². The Morgan fingerprint density at radius 1 is 1.52 bits per heavy atom. The summed E-state index contributed by atoms with van der Waals surface area (Å²) in [4.78, 5) is 13.4. The fourth-order valence-electron chi connectivity index (χ4n) is 3.01. The number of carbonyl (C=O) groups is 1. The Hall–Kier alpha value is -2.41. The molecule has 1 aliphatic rings. The molecular formula is C16H16N4O2S. The van der Waals surface area contributed by atoms with Crippen molar-refractivity contribution >= 4 is 17.2 Å². The maximum absolute atomic E-state index is 12.5. The minimum absolute atomic E-state index is 0.0122. The number of rotatable bonds is 3. The molecule has 118 valence electrons. The highest BCUT2D eigenvalue weighted by Crippen LogP contribution is 2.30. The molecule has 0 aliphatic heterocycles. The van der Waals surface area contributed by atoms with Crippen molar-refractivity contribution in [2.24, 2.45) is 7.05 Å². The van der Waals surface area contributed by atoms with E-state index in [2.05, 4.69) is 15.6 Å². The first-order valence-electron chi connectivity index (χ1n) is 7.54. The number of amides is 1. The van der Waals surface area contributed by atoms with Crippen molar-refractivity contribution in [2.75, 3.05) is 0 Å². The standard InChI is InChI=1S/C16H16N4O2S/c1-20-13-5-2-4-11(10(13)9-17-20)18-16(21)12-8-14(22-19-12)15-6-3-7-23-15/h3,6-9,11H,2,4-5H2,1H3,(H,18,21)/t11-/m1/s1. The van der Waals surface area contributed by atoms with E-state index in [4.69, 9.17) is 4.52 Å². The summed E-state index contributed by atoms with van der Waals surface area (Å²) in [6, 6.07) is 5.56. The Bertz CT molecular complexity index is 834. The summed E-state index contributed by atoms with van der Waals surface area (Å²) >= 11 is 1.55. The van der Waals surface area contributed by atoms with E-state index in [0.29, 0.717) is 11.5 Å². The Morgan fingerprint density at radius 3 is 3.26 bits per heavy atom. The van der Waals surface area contributed by atoms with Crippen LogP contribution in [0.25, 0.3) is 10.6 Å². The molecule has 0 saturated heterocycles. The highest BCUT2D eigenvalue weighted by atomic mass is 32.1. The fraction of sp³-hybridized carbons (Fsp3) is 0.312. The maximum Gasteiger partial charge on any atom is 0.273 e. The lowest BCUT2D eigenvalue weighted by atomic mass is 9.93. The molecular weight excluding hydrogens is 312 g/mol. The van der Waals surface area contributed by atoms with Crippen LogP contribution in [0.5, 0.6) is 0 Å². The molecule has 0 saturated carbocycles. The lowest BCUT2D eigenvalue weighted by Gasteiger charge is -2.23. The van der Waals surface area contributed by atoms with E-state index in [0.717, 1.165) is 29.7 Å². The third-order valence-corrected chi connectivity index (χ3v) is 5.07. The molecule has 1 N–H and O–H groups in total. The normalized spacial score (nSPS) is 17.0. The number of thiophene rings is 1. The molecule has 23 heavy (non-hydrogen) atoms. The third-order valence-electron chi connectivity index (χ3n) is 4.19. The van der Waals surface area contributed by atoms with E-state index in [1.54, 1.807) is 17.4 Å². The highest BCUT2D eigenvalue weighted by Gasteiger charge is 2.26. The van der Waals surface area contributed by atoms with Gasteiger partial charge >= 0.3 is 0 Å². The molecule has 1 aliphatic carbocycles. The van der Waals surface area contributed by atoms with Crippen LogP contribution >= 0.6 is 11.3 Å². The van der Waals surface area contributed by atoms with Gasteiger partial charge in [-0.25, -0.2) is 0 Å². The van der Waals surface area contributed by atoms with Crippen molar-refractivity contribution < 1.29 is 9.32 Å². The zero-order chi connectivity index (χ0) is 15.8. The molecule has 0 bridgehead atoms. The van der Waals surface area contributed by atoms with Crippen LogP contribution in [0.4, 0.5) is 0 Å². The quantitative estimate of drug-likeness (QED) is 0.802. The zero-order valence-electron chi connectivity index (χ0n) is 12.7. The summed E-state index contributed by atoms with van der Waals surface area (Å²) in [5.74, 6) is 0.411. The van der Waals surface area contributed by atoms with Crippen LogP contribution in [0, 0.1) is 0 Å². The molecule has 1 atom stereocenters. The van der Waals surface area contributed by atoms with Gasteiger partial charge in [-0.05, 0) is 30.7 Å². The Labute approximate surface area is 137 Å². The second-order valence-corrected chi connectivity index (χ2v) is 6.59. The monoisotopic (exact) mass is 328 g/mol. The van der Waals surface area contributed by atoms with Crippen molar-refractivity contribution in [3.05, 3.63) is 46.7 Å². The highest BCUT2D eigenvalue weighted by molar-refractivity contribution is 7.13. The Kier molecular flexibility index (Phi) is 3.49. The van der Waals surface area contributed by atoms with Gasteiger partial charge in [-0.15, -0.1) is 11.3 Å². The summed E-state index contributed by atoms with van der Waals surface area (Å²) < 4.78 is 7.16. The van der Waals surface area contributed by atoms with Gasteiger partial charge in [0.25, 0.3) is 5.91 Å². The van der Waals surface area contributed by atoms with Gasteiger partial charge in [0.2, 0.25) is 0 Å². The molecule has 3 aromatic heterocycles. The number of nitrogens with one attached hydrogen (secondary N) is 1. The molecule has 3 heterocycles. The van der Waals surface area contributed by atoms with Crippen molar-refractivity contribution in [2.45, 2.75) is 25.3 Å². The number of fused-ring (bicyclic) bond motifs is 1. The van der Waals surface area contributed by atoms with Gasteiger partial charge in [-0.1, -0.05) is 11.2 Å². The molecule has 0 aromatic carbocycles. The molecule has 4 rings (SSSR count). The van der Waals surface area contributed by atoms with Crippen LogP contribution in [-0.2, 0) is 13.5 Å². The summed E-state index contributed by atoms with van der Waals surface area (Å²) in [5.41, 5.74) is 2.61. The van der Waals surface area contributed by atoms with Crippen LogP contribution in [-0.4, -0.2) is 20.8 Å². The average Bonchev–Trinajstić information content (AvgIpc) is 3.28. The van der Waals surface area contributed by atoms with Crippen molar-refractivity contribution in [1.29, 1.82) is 0 Å². The predicted octanol–water partition coefficient (Wildman–Crippen LogP) is 2.94. The lowest BCUT2D eigenvalue weighted by Crippen LogP contribution is -2.31. The summed E-state index contributed by atoms with van der Waals surface area (Å²) in [7, 11) is 1.94. The largest absolute Gasteiger partial charge is 0.355 e. The molecule has 0 spiro atoms. The van der Waals surface area contributed by atoms with E-state index in [1.807, 2.05) is 35.4 Å². The van der Waals surface area contributed by atoms with Crippen molar-refractivity contribution in [1.82, 2.24) is 20.3 Å². The Balaban J connectivity index is 1.53. The SMILES string of the molecule is Cn1ncc2c1CCC[C@H]2NC(=O)c1cc(-c2cccs2)on1. The van der Waals surface area contributed by atoms with E-state index in [1.165, 1.54) is 5.69 Å². The molecule has 0 fully saturated rings. The minimum Gasteiger partial charge on any atom is -0.355 e. The van der Waals surface area contributed by atoms with E-state index in [9.17, 15) is 4.79 Å². The van der Waals surface area contributed by atoms with Crippen molar-refractivity contribution in [3.63, 3.8) is 0 Å². The molecule has 0 unspecified atom stereocenters. The minimum atomic E-state index is -0.210. The number of aryl methyl sites for hydroxylation is 1. The van der Waals surface area contributed by atoms with Gasteiger partial charge in [0.1, 0.15) is 0 Å². The van der Waals surface area contributed by atoms with Crippen LogP contribution in [0.1, 0.15) is 40.6 Å². The topological polar surface area (TPSA) is 73.0 Å². The van der Waals surface area contributed by atoms with Crippen LogP contribution in [0.3, 0.4) is 0 Å². The summed E-state index contributed by atoms with van der Waals surface area (Å²) in [5, 5.41) is 13.2.